The first kappa shape index (κ1) is 20.2. The van der Waals surface area contributed by atoms with Crippen molar-refractivity contribution in [1.82, 2.24) is 9.55 Å². The van der Waals surface area contributed by atoms with E-state index >= 15 is 0 Å². The fourth-order valence-electron chi connectivity index (χ4n) is 4.06. The van der Waals surface area contributed by atoms with Gasteiger partial charge in [0, 0.05) is 23.8 Å². The molecular weight excluding hydrogens is 385 g/mol. The Kier molecular flexibility index (Phi) is 5.63. The Morgan fingerprint density at radius 2 is 2.17 bits per heavy atom. The molecule has 0 radical (unpaired) electrons. The number of hydrogen-bond donors (Lipinski definition) is 1. The normalized spacial score (nSPS) is 20.3. The van der Waals surface area contributed by atoms with E-state index in [9.17, 15) is 14.3 Å². The van der Waals surface area contributed by atoms with Gasteiger partial charge in [-0.15, -0.1) is 0 Å². The summed E-state index contributed by atoms with van der Waals surface area (Å²) in [5.74, 6) is -0.0138. The highest BCUT2D eigenvalue weighted by molar-refractivity contribution is 6.14. The maximum absolute atomic E-state index is 14.8. The summed E-state index contributed by atoms with van der Waals surface area (Å²) < 4.78 is 21.6. The molecule has 4 rings (SSSR count). The van der Waals surface area contributed by atoms with E-state index in [1.165, 1.54) is 13.2 Å². The molecule has 6 nitrogen and oxygen atoms in total. The van der Waals surface area contributed by atoms with Crippen LogP contribution in [0.4, 0.5) is 4.39 Å². The summed E-state index contributed by atoms with van der Waals surface area (Å²) in [6, 6.07) is 6.02. The van der Waals surface area contributed by atoms with Gasteiger partial charge in [-0.2, -0.15) is 0 Å². The van der Waals surface area contributed by atoms with Crippen molar-refractivity contribution in [1.29, 1.82) is 0 Å². The number of benzene rings is 1. The molecule has 2 aromatic rings. The van der Waals surface area contributed by atoms with Crippen LogP contribution in [0.3, 0.4) is 0 Å². The van der Waals surface area contributed by atoms with E-state index in [0.717, 1.165) is 11.1 Å². The molecule has 2 heterocycles. The lowest BCUT2D eigenvalue weighted by Crippen LogP contribution is -2.20. The van der Waals surface area contributed by atoms with E-state index < -0.39 is 6.04 Å². The minimum atomic E-state index is -0.467. The van der Waals surface area contributed by atoms with Crippen LogP contribution in [0.15, 0.2) is 58.8 Å². The number of esters is 1. The van der Waals surface area contributed by atoms with Gasteiger partial charge in [0.1, 0.15) is 17.7 Å². The third-order valence-corrected chi connectivity index (χ3v) is 5.55. The molecule has 0 fully saturated rings. The molecule has 1 aliphatic carbocycles. The predicted molar refractivity (Wildman–Crippen MR) is 111 cm³/mol. The predicted octanol–water partition coefficient (Wildman–Crippen LogP) is 3.83. The van der Waals surface area contributed by atoms with Crippen molar-refractivity contribution in [2.24, 2.45) is 4.99 Å². The second kappa shape index (κ2) is 8.36. The summed E-state index contributed by atoms with van der Waals surface area (Å²) in [5.41, 5.74) is 3.55. The average Bonchev–Trinajstić information content (AvgIpc) is 3.14. The number of aliphatic hydroxyl groups is 1. The molecule has 7 heteroatoms. The lowest BCUT2D eigenvalue weighted by atomic mass is 9.88. The monoisotopic (exact) mass is 409 g/mol. The van der Waals surface area contributed by atoms with Gasteiger partial charge in [-0.05, 0) is 31.9 Å². The average molecular weight is 409 g/mol. The van der Waals surface area contributed by atoms with Crippen LogP contribution in [0.25, 0.3) is 0 Å². The van der Waals surface area contributed by atoms with Crippen molar-refractivity contribution in [2.75, 3.05) is 7.11 Å². The molecule has 2 atom stereocenters. The smallest absolute Gasteiger partial charge is 0.305 e. The summed E-state index contributed by atoms with van der Waals surface area (Å²) in [4.78, 5) is 21.3. The molecule has 0 saturated heterocycles. The number of aliphatic imine (C=N–C) groups is 1. The van der Waals surface area contributed by atoms with Crippen LogP contribution in [-0.4, -0.2) is 33.4 Å². The maximum atomic E-state index is 14.8. The second-order valence-electron chi connectivity index (χ2n) is 7.54. The van der Waals surface area contributed by atoms with Crippen molar-refractivity contribution >= 4 is 11.7 Å². The van der Waals surface area contributed by atoms with Crippen molar-refractivity contribution < 1.29 is 19.0 Å². The molecule has 1 aliphatic heterocycles. The number of halogens is 1. The summed E-state index contributed by atoms with van der Waals surface area (Å²) in [7, 11) is 1.35. The Labute approximate surface area is 174 Å². The first-order chi connectivity index (χ1) is 14.5. The van der Waals surface area contributed by atoms with Crippen LogP contribution in [0.2, 0.25) is 0 Å². The molecule has 1 N–H and O–H groups in total. The molecule has 0 spiro atoms. The molecule has 1 unspecified atom stereocenters. The SMILES string of the molecule is COC(=O)CC[C@@H]1N=C(c2ccccc2F)C2=CC(C)=CCC2n2cc(CO)nc21. The third kappa shape index (κ3) is 3.73. The number of aromatic nitrogens is 2. The molecule has 156 valence electrons. The van der Waals surface area contributed by atoms with E-state index in [-0.39, 0.29) is 30.9 Å². The zero-order valence-corrected chi connectivity index (χ0v) is 17.0. The van der Waals surface area contributed by atoms with E-state index in [1.807, 2.05) is 23.8 Å². The highest BCUT2D eigenvalue weighted by Crippen LogP contribution is 2.39. The third-order valence-electron chi connectivity index (χ3n) is 5.55. The van der Waals surface area contributed by atoms with Crippen LogP contribution in [-0.2, 0) is 16.1 Å². The zero-order valence-electron chi connectivity index (χ0n) is 17.0. The van der Waals surface area contributed by atoms with E-state index in [4.69, 9.17) is 9.73 Å². The zero-order chi connectivity index (χ0) is 21.3. The van der Waals surface area contributed by atoms with Crippen LogP contribution >= 0.6 is 0 Å². The summed E-state index contributed by atoms with van der Waals surface area (Å²) in [5, 5.41) is 9.64. The van der Waals surface area contributed by atoms with Crippen molar-refractivity contribution in [2.45, 2.75) is 44.9 Å². The molecule has 0 amide bonds. The lowest BCUT2D eigenvalue weighted by molar-refractivity contribution is -0.140. The van der Waals surface area contributed by atoms with Gasteiger partial charge in [-0.3, -0.25) is 9.79 Å². The summed E-state index contributed by atoms with van der Waals surface area (Å²) >= 11 is 0. The number of ether oxygens (including phenoxy) is 1. The number of hydrogen-bond acceptors (Lipinski definition) is 5. The number of carbonyl (C=O) groups is 1. The Morgan fingerprint density at radius 1 is 1.37 bits per heavy atom. The van der Waals surface area contributed by atoms with Gasteiger partial charge in [-0.25, -0.2) is 9.37 Å². The number of methoxy groups -OCH3 is 1. The fourth-order valence-corrected chi connectivity index (χ4v) is 4.06. The molecule has 1 aromatic heterocycles. The highest BCUT2D eigenvalue weighted by atomic mass is 19.1. The quantitative estimate of drug-likeness (QED) is 0.762. The fraction of sp³-hybridized carbons (Fsp3) is 0.348. The van der Waals surface area contributed by atoms with E-state index in [2.05, 4.69) is 11.1 Å². The van der Waals surface area contributed by atoms with Crippen molar-refractivity contribution in [3.8, 4) is 0 Å². The minimum absolute atomic E-state index is 0.113. The number of imidazole rings is 1. The van der Waals surface area contributed by atoms with Gasteiger partial charge in [0.2, 0.25) is 0 Å². The van der Waals surface area contributed by atoms with E-state index in [1.54, 1.807) is 18.2 Å². The van der Waals surface area contributed by atoms with Gasteiger partial charge in [-0.1, -0.05) is 29.9 Å². The lowest BCUT2D eigenvalue weighted by Gasteiger charge is -2.25. The number of nitrogens with zero attached hydrogens (tertiary/aromatic N) is 3. The van der Waals surface area contributed by atoms with Crippen LogP contribution in [0.1, 0.15) is 55.4 Å². The Morgan fingerprint density at radius 3 is 2.90 bits per heavy atom. The van der Waals surface area contributed by atoms with Crippen molar-refractivity contribution in [3.63, 3.8) is 0 Å². The van der Waals surface area contributed by atoms with Crippen LogP contribution in [0.5, 0.6) is 0 Å². The topological polar surface area (TPSA) is 76.7 Å². The molecule has 0 saturated carbocycles. The van der Waals surface area contributed by atoms with Gasteiger partial charge >= 0.3 is 5.97 Å². The number of aliphatic hydroxyl groups excluding tert-OH is 1. The molecule has 1 aromatic carbocycles. The number of allylic oxidation sites excluding steroid dienone is 4. The number of carbonyl (C=O) groups excluding carboxylic acids is 1. The van der Waals surface area contributed by atoms with Gasteiger partial charge in [0.25, 0.3) is 0 Å². The minimum Gasteiger partial charge on any atom is -0.469 e. The van der Waals surface area contributed by atoms with Crippen LogP contribution < -0.4 is 0 Å². The summed E-state index contributed by atoms with van der Waals surface area (Å²) in [6.07, 6.45) is 7.24. The first-order valence-electron chi connectivity index (χ1n) is 9.98. The molecule has 2 aliphatic rings. The standard InChI is InChI=1S/C23H24FN3O3/c1-14-7-9-20-17(11-14)22(16-5-3-4-6-18(16)24)26-19(8-10-21(29)30-2)23-25-15(13-28)12-27(20)23/h3-7,11-12,19-20,28H,8-10,13H2,1-2H3/t19-,20?/m0/s1. The van der Waals surface area contributed by atoms with Gasteiger partial charge in [0.15, 0.2) is 0 Å². The molecular formula is C23H24FN3O3. The maximum Gasteiger partial charge on any atom is 0.305 e. The van der Waals surface area contributed by atoms with Crippen molar-refractivity contribution in [3.05, 3.63) is 76.7 Å². The van der Waals surface area contributed by atoms with Crippen LogP contribution in [0, 0.1) is 5.82 Å². The Hall–Kier alpha value is -3.06. The number of rotatable bonds is 5. The summed E-state index contributed by atoms with van der Waals surface area (Å²) in [6.45, 7) is 1.82. The second-order valence-corrected chi connectivity index (χ2v) is 7.54. The van der Waals surface area contributed by atoms with E-state index in [0.29, 0.717) is 35.6 Å². The molecule has 0 bridgehead atoms. The highest BCUT2D eigenvalue weighted by Gasteiger charge is 2.33. The Balaban J connectivity index is 1.90. The van der Waals surface area contributed by atoms with Gasteiger partial charge in [0.05, 0.1) is 31.2 Å². The largest absolute Gasteiger partial charge is 0.469 e. The molecule has 30 heavy (non-hydrogen) atoms. The Bertz CT molecular complexity index is 1070. The first-order valence-corrected chi connectivity index (χ1v) is 9.98. The van der Waals surface area contributed by atoms with Gasteiger partial charge < -0.3 is 14.4 Å². The number of fused-ring (bicyclic) bond motifs is 3.